The number of nitrogens with zero attached hydrogens (tertiary/aromatic N) is 3. The molecule has 1 saturated carbocycles. The smallest absolute Gasteiger partial charge is 0.357 e. The summed E-state index contributed by atoms with van der Waals surface area (Å²) in [5.74, 6) is -0.243. The van der Waals surface area contributed by atoms with Crippen LogP contribution in [0.2, 0.25) is 0 Å². The van der Waals surface area contributed by atoms with Crippen LogP contribution in [-0.2, 0) is 10.5 Å². The average molecular weight is 517 g/mol. The number of rotatable bonds is 4. The number of H-pyrrole nitrogens is 1. The minimum absolute atomic E-state index is 0.108. The topological polar surface area (TPSA) is 118 Å². The van der Waals surface area contributed by atoms with Crippen molar-refractivity contribution in [2.24, 2.45) is 0 Å². The molecular weight excluding hydrogens is 495 g/mol. The molecule has 0 amide bonds. The molecule has 1 fully saturated rings. The molecule has 186 valence electrons. The summed E-state index contributed by atoms with van der Waals surface area (Å²) in [6.07, 6.45) is 6.75. The zero-order valence-electron chi connectivity index (χ0n) is 19.8. The second-order valence-electron chi connectivity index (χ2n) is 9.43. The van der Waals surface area contributed by atoms with Gasteiger partial charge in [0.1, 0.15) is 5.65 Å². The van der Waals surface area contributed by atoms with Crippen molar-refractivity contribution in [3.8, 4) is 22.9 Å². The quantitative estimate of drug-likeness (QED) is 0.311. The summed E-state index contributed by atoms with van der Waals surface area (Å²) in [6.45, 7) is 1.85. The lowest BCUT2D eigenvalue weighted by Crippen LogP contribution is -2.15. The van der Waals surface area contributed by atoms with E-state index in [1.807, 2.05) is 25.1 Å². The summed E-state index contributed by atoms with van der Waals surface area (Å²) < 4.78 is 41.7. The molecule has 0 atom stereocenters. The Kier molecular flexibility index (Phi) is 5.28. The van der Waals surface area contributed by atoms with Crippen LogP contribution in [0.5, 0.6) is 5.75 Å². The van der Waals surface area contributed by atoms with Crippen molar-refractivity contribution in [2.45, 2.75) is 38.6 Å². The molecule has 5 aromatic rings. The SMILES string of the molecule is Cc1cc2c(=O)c3c4ccc(C#N)cc4[nH]c3n(C3CCCC3)c2cc1-c1cncc(OS(=O)(=O)F)c1. The second kappa shape index (κ2) is 8.42. The van der Waals surface area contributed by atoms with Crippen molar-refractivity contribution in [2.75, 3.05) is 0 Å². The number of nitrogens with one attached hydrogen (secondary N) is 1. The second-order valence-corrected chi connectivity index (χ2v) is 10.4. The summed E-state index contributed by atoms with van der Waals surface area (Å²) in [5.41, 5.74) is 4.60. The normalized spacial score (nSPS) is 14.5. The molecule has 1 N–H and O–H groups in total. The lowest BCUT2D eigenvalue weighted by atomic mass is 9.97. The molecule has 10 heteroatoms. The van der Waals surface area contributed by atoms with Crippen molar-refractivity contribution in [1.82, 2.24) is 14.5 Å². The number of halogens is 1. The fourth-order valence-corrected chi connectivity index (χ4v) is 5.90. The van der Waals surface area contributed by atoms with Crippen LogP contribution in [0.1, 0.15) is 42.9 Å². The zero-order valence-corrected chi connectivity index (χ0v) is 20.6. The first-order valence-corrected chi connectivity index (χ1v) is 13.2. The maximum absolute atomic E-state index is 13.9. The van der Waals surface area contributed by atoms with E-state index in [1.165, 1.54) is 12.3 Å². The Hall–Kier alpha value is -4.23. The molecule has 3 heterocycles. The van der Waals surface area contributed by atoms with E-state index in [4.69, 9.17) is 0 Å². The summed E-state index contributed by atoms with van der Waals surface area (Å²) in [4.78, 5) is 21.3. The Balaban J connectivity index is 1.68. The number of fused-ring (bicyclic) bond motifs is 4. The van der Waals surface area contributed by atoms with Gasteiger partial charge >= 0.3 is 10.5 Å². The Labute approximate surface area is 211 Å². The van der Waals surface area contributed by atoms with E-state index in [9.17, 15) is 22.4 Å². The van der Waals surface area contributed by atoms with Crippen molar-refractivity contribution < 1.29 is 16.5 Å². The summed E-state index contributed by atoms with van der Waals surface area (Å²) in [6, 6.07) is 12.8. The zero-order chi connectivity index (χ0) is 25.9. The van der Waals surface area contributed by atoms with Gasteiger partial charge in [0.25, 0.3) is 0 Å². The lowest BCUT2D eigenvalue weighted by Gasteiger charge is -2.21. The molecule has 0 saturated heterocycles. The van der Waals surface area contributed by atoms with Gasteiger partial charge in [-0.2, -0.15) is 13.7 Å². The van der Waals surface area contributed by atoms with Crippen molar-refractivity contribution >= 4 is 43.3 Å². The maximum atomic E-state index is 13.9. The third-order valence-corrected chi connectivity index (χ3v) is 7.52. The molecule has 0 radical (unpaired) electrons. The first kappa shape index (κ1) is 23.2. The molecule has 0 spiro atoms. The van der Waals surface area contributed by atoms with Crippen molar-refractivity contribution in [3.63, 3.8) is 0 Å². The van der Waals surface area contributed by atoms with E-state index in [2.05, 4.69) is 24.8 Å². The van der Waals surface area contributed by atoms with Crippen molar-refractivity contribution in [1.29, 1.82) is 5.26 Å². The molecule has 0 unspecified atom stereocenters. The molecule has 2 aromatic carbocycles. The van der Waals surface area contributed by atoms with Gasteiger partial charge in [0.2, 0.25) is 0 Å². The lowest BCUT2D eigenvalue weighted by molar-refractivity contribution is 0.439. The molecule has 0 aliphatic heterocycles. The fourth-order valence-electron chi connectivity index (χ4n) is 5.58. The van der Waals surface area contributed by atoms with Gasteiger partial charge in [-0.25, -0.2) is 0 Å². The van der Waals surface area contributed by atoms with Gasteiger partial charge < -0.3 is 13.7 Å². The molecule has 0 bridgehead atoms. The monoisotopic (exact) mass is 516 g/mol. The van der Waals surface area contributed by atoms with Crippen LogP contribution in [0.15, 0.2) is 53.6 Å². The predicted molar refractivity (Wildman–Crippen MR) is 138 cm³/mol. The Morgan fingerprint density at radius 1 is 1.14 bits per heavy atom. The Bertz CT molecular complexity index is 1950. The summed E-state index contributed by atoms with van der Waals surface area (Å²) in [7, 11) is -5.20. The minimum Gasteiger partial charge on any atom is -0.357 e. The highest BCUT2D eigenvalue weighted by molar-refractivity contribution is 7.81. The highest BCUT2D eigenvalue weighted by Crippen LogP contribution is 2.38. The highest BCUT2D eigenvalue weighted by Gasteiger charge is 2.25. The van der Waals surface area contributed by atoms with Crippen molar-refractivity contribution in [3.05, 3.63) is 70.1 Å². The van der Waals surface area contributed by atoms with Gasteiger partial charge in [-0.1, -0.05) is 22.8 Å². The molecule has 8 nitrogen and oxygen atoms in total. The van der Waals surface area contributed by atoms with Gasteiger partial charge in [0, 0.05) is 34.1 Å². The number of nitriles is 1. The number of pyridine rings is 2. The fraction of sp³-hybridized carbons (Fsp3) is 0.222. The van der Waals surface area contributed by atoms with E-state index in [0.717, 1.165) is 59.4 Å². The minimum atomic E-state index is -5.20. The van der Waals surface area contributed by atoms with Crippen LogP contribution >= 0.6 is 0 Å². The van der Waals surface area contributed by atoms with Crippen LogP contribution in [0.25, 0.3) is 44.0 Å². The number of hydrogen-bond donors (Lipinski definition) is 1. The average Bonchev–Trinajstić information content (AvgIpc) is 3.51. The third kappa shape index (κ3) is 3.92. The van der Waals surface area contributed by atoms with Gasteiger partial charge in [-0.15, -0.1) is 0 Å². The number of aromatic amines is 1. The van der Waals surface area contributed by atoms with Gasteiger partial charge in [-0.3, -0.25) is 9.78 Å². The van der Waals surface area contributed by atoms with E-state index >= 15 is 0 Å². The summed E-state index contributed by atoms with van der Waals surface area (Å²) >= 11 is 0. The van der Waals surface area contributed by atoms with Crippen LogP contribution in [-0.4, -0.2) is 23.0 Å². The summed E-state index contributed by atoms with van der Waals surface area (Å²) in [5, 5.41) is 11.3. The van der Waals surface area contributed by atoms with E-state index in [0.29, 0.717) is 27.5 Å². The molecular formula is C27H21FN4O4S. The predicted octanol–water partition coefficient (Wildman–Crippen LogP) is 5.59. The van der Waals surface area contributed by atoms with Crippen LogP contribution < -0.4 is 9.61 Å². The van der Waals surface area contributed by atoms with Gasteiger partial charge in [0.05, 0.1) is 28.7 Å². The van der Waals surface area contributed by atoms with E-state index < -0.39 is 10.5 Å². The first-order chi connectivity index (χ1) is 17.7. The van der Waals surface area contributed by atoms with Crippen LogP contribution in [0, 0.1) is 18.3 Å². The van der Waals surface area contributed by atoms with Gasteiger partial charge in [-0.05, 0) is 61.2 Å². The number of aryl methyl sites for hydroxylation is 1. The molecule has 1 aliphatic rings. The molecule has 37 heavy (non-hydrogen) atoms. The van der Waals surface area contributed by atoms with Crippen LogP contribution in [0.4, 0.5) is 3.89 Å². The number of benzene rings is 2. The number of aromatic nitrogens is 3. The highest BCUT2D eigenvalue weighted by atomic mass is 32.3. The first-order valence-electron chi connectivity index (χ1n) is 11.9. The maximum Gasteiger partial charge on any atom is 0.488 e. The molecule has 6 rings (SSSR count). The Morgan fingerprint density at radius 2 is 1.92 bits per heavy atom. The van der Waals surface area contributed by atoms with E-state index in [-0.39, 0.29) is 17.2 Å². The van der Waals surface area contributed by atoms with Gasteiger partial charge in [0.15, 0.2) is 11.2 Å². The van der Waals surface area contributed by atoms with Crippen LogP contribution in [0.3, 0.4) is 0 Å². The third-order valence-electron chi connectivity index (χ3n) is 7.13. The largest absolute Gasteiger partial charge is 0.488 e. The standard InChI is InChI=1S/C27H21FN4O4S/c1-15-8-22-24(11-21(15)17-10-19(14-30-13-17)36-37(28,34)35)32(18-4-2-3-5-18)27-25(26(22)33)20-7-6-16(12-29)9-23(20)31-27/h6-11,13-14,18,31H,2-5H2,1H3. The number of hydrogen-bond acceptors (Lipinski definition) is 6. The Morgan fingerprint density at radius 3 is 2.65 bits per heavy atom. The molecule has 1 aliphatic carbocycles. The molecule has 3 aromatic heterocycles. The van der Waals surface area contributed by atoms with E-state index in [1.54, 1.807) is 12.1 Å².